The number of hydrogen-bond donors (Lipinski definition) is 1. The molecule has 0 saturated carbocycles. The molecule has 1 heterocycles. The van der Waals surface area contributed by atoms with Gasteiger partial charge in [0.05, 0.1) is 12.2 Å². The Kier molecular flexibility index (Phi) is 4.76. The van der Waals surface area contributed by atoms with E-state index < -0.39 is 0 Å². The molecule has 1 N–H and O–H groups in total. The summed E-state index contributed by atoms with van der Waals surface area (Å²) < 4.78 is 5.75. The van der Waals surface area contributed by atoms with Crippen LogP contribution in [0.3, 0.4) is 0 Å². The van der Waals surface area contributed by atoms with Crippen molar-refractivity contribution < 1.29 is 9.21 Å². The number of aryl methyl sites for hydroxylation is 2. The summed E-state index contributed by atoms with van der Waals surface area (Å²) in [6.45, 7) is 0. The number of halogens is 1. The Labute approximate surface area is 157 Å². The zero-order valence-corrected chi connectivity index (χ0v) is 15.0. The topological polar surface area (TPSA) is 55.1 Å². The molecule has 0 fully saturated rings. The van der Waals surface area contributed by atoms with Gasteiger partial charge < -0.3 is 9.73 Å². The average molecular weight is 367 g/mol. The summed E-state index contributed by atoms with van der Waals surface area (Å²) in [4.78, 5) is 16.6. The number of fused-ring (bicyclic) bond motifs is 1. The van der Waals surface area contributed by atoms with Crippen molar-refractivity contribution in [3.8, 4) is 11.3 Å². The van der Waals surface area contributed by atoms with Gasteiger partial charge in [-0.15, -0.1) is 0 Å². The maximum atomic E-state index is 12.3. The highest BCUT2D eigenvalue weighted by molar-refractivity contribution is 6.30. The van der Waals surface area contributed by atoms with Crippen molar-refractivity contribution in [3.63, 3.8) is 0 Å². The first-order chi connectivity index (χ1) is 12.7. The van der Waals surface area contributed by atoms with Gasteiger partial charge in [0.25, 0.3) is 0 Å². The lowest BCUT2D eigenvalue weighted by Crippen LogP contribution is -2.27. The second-order valence-electron chi connectivity index (χ2n) is 6.48. The van der Waals surface area contributed by atoms with E-state index in [1.54, 1.807) is 6.20 Å². The molecule has 1 amide bonds. The number of hydrogen-bond acceptors (Lipinski definition) is 3. The molecular formula is C21H19ClN2O2. The lowest BCUT2D eigenvalue weighted by Gasteiger charge is -2.13. The predicted molar refractivity (Wildman–Crippen MR) is 101 cm³/mol. The second-order valence-corrected chi connectivity index (χ2v) is 6.92. The molecule has 1 aliphatic rings. The summed E-state index contributed by atoms with van der Waals surface area (Å²) >= 11 is 5.90. The van der Waals surface area contributed by atoms with E-state index in [2.05, 4.69) is 22.4 Å². The summed E-state index contributed by atoms with van der Waals surface area (Å²) in [5, 5.41) is 3.81. The van der Waals surface area contributed by atoms with Crippen LogP contribution in [0.1, 0.15) is 35.9 Å². The zero-order valence-electron chi connectivity index (χ0n) is 14.2. The van der Waals surface area contributed by atoms with Gasteiger partial charge in [0.15, 0.2) is 11.7 Å². The van der Waals surface area contributed by atoms with Crippen LogP contribution in [-0.2, 0) is 17.6 Å². The van der Waals surface area contributed by atoms with Crippen molar-refractivity contribution >= 4 is 17.5 Å². The molecule has 1 aromatic heterocycles. The number of carbonyl (C=O) groups is 1. The van der Waals surface area contributed by atoms with Crippen molar-refractivity contribution in [2.45, 2.75) is 31.7 Å². The highest BCUT2D eigenvalue weighted by Gasteiger charge is 2.23. The highest BCUT2D eigenvalue weighted by Crippen LogP contribution is 2.30. The molecule has 1 unspecified atom stereocenters. The number of benzene rings is 2. The SMILES string of the molecule is O=C(CCc1ncc(-c2ccc(Cl)cc2)o1)NC1CCc2ccccc21. The van der Waals surface area contributed by atoms with Crippen LogP contribution in [0.2, 0.25) is 5.02 Å². The Bertz CT molecular complexity index is 918. The molecule has 0 radical (unpaired) electrons. The van der Waals surface area contributed by atoms with Crippen molar-refractivity contribution in [3.05, 3.63) is 76.8 Å². The average Bonchev–Trinajstić information content (AvgIpc) is 3.28. The first kappa shape index (κ1) is 16.9. The summed E-state index contributed by atoms with van der Waals surface area (Å²) in [6, 6.07) is 15.8. The molecule has 2 aromatic carbocycles. The molecule has 1 atom stereocenters. The van der Waals surface area contributed by atoms with Crippen LogP contribution in [-0.4, -0.2) is 10.9 Å². The monoisotopic (exact) mass is 366 g/mol. The fourth-order valence-corrected chi connectivity index (χ4v) is 3.49. The standard InChI is InChI=1S/C21H19ClN2O2/c22-16-8-5-15(6-9-16)19-13-23-21(26-19)12-11-20(25)24-18-10-7-14-3-1-2-4-17(14)18/h1-6,8-9,13,18H,7,10-12H2,(H,24,25). The van der Waals surface area contributed by atoms with Crippen LogP contribution in [0.5, 0.6) is 0 Å². The number of rotatable bonds is 5. The van der Waals surface area contributed by atoms with Gasteiger partial charge in [-0.05, 0) is 48.2 Å². The minimum Gasteiger partial charge on any atom is -0.441 e. The smallest absolute Gasteiger partial charge is 0.220 e. The molecule has 4 rings (SSSR count). The van der Waals surface area contributed by atoms with Gasteiger partial charge in [0.1, 0.15) is 0 Å². The molecule has 5 heteroatoms. The minimum absolute atomic E-state index is 0.0259. The maximum Gasteiger partial charge on any atom is 0.220 e. The zero-order chi connectivity index (χ0) is 17.9. The first-order valence-electron chi connectivity index (χ1n) is 8.77. The fourth-order valence-electron chi connectivity index (χ4n) is 3.37. The van der Waals surface area contributed by atoms with Gasteiger partial charge in [0.2, 0.25) is 5.91 Å². The largest absolute Gasteiger partial charge is 0.441 e. The van der Waals surface area contributed by atoms with E-state index in [1.165, 1.54) is 11.1 Å². The van der Waals surface area contributed by atoms with Crippen LogP contribution in [0.4, 0.5) is 0 Å². The third-order valence-corrected chi connectivity index (χ3v) is 4.97. The molecule has 0 spiro atoms. The van der Waals surface area contributed by atoms with E-state index in [0.717, 1.165) is 18.4 Å². The van der Waals surface area contributed by atoms with Crippen LogP contribution >= 0.6 is 11.6 Å². The number of aromatic nitrogens is 1. The van der Waals surface area contributed by atoms with E-state index in [9.17, 15) is 4.79 Å². The molecule has 1 aliphatic carbocycles. The molecular weight excluding hydrogens is 348 g/mol. The Hall–Kier alpha value is -2.59. The number of nitrogens with zero attached hydrogens (tertiary/aromatic N) is 1. The quantitative estimate of drug-likeness (QED) is 0.710. The Balaban J connectivity index is 1.33. The molecule has 132 valence electrons. The number of nitrogens with one attached hydrogen (secondary N) is 1. The Morgan fingerprint density at radius 2 is 2.00 bits per heavy atom. The highest BCUT2D eigenvalue weighted by atomic mass is 35.5. The second kappa shape index (κ2) is 7.34. The van der Waals surface area contributed by atoms with Gasteiger partial charge in [0, 0.05) is 23.4 Å². The van der Waals surface area contributed by atoms with Crippen LogP contribution in [0.15, 0.2) is 59.1 Å². The fraction of sp³-hybridized carbons (Fsp3) is 0.238. The normalized spacial score (nSPS) is 15.7. The molecule has 3 aromatic rings. The van der Waals surface area contributed by atoms with E-state index in [0.29, 0.717) is 29.5 Å². The van der Waals surface area contributed by atoms with Gasteiger partial charge in [-0.25, -0.2) is 4.98 Å². The van der Waals surface area contributed by atoms with E-state index in [-0.39, 0.29) is 11.9 Å². The third-order valence-electron chi connectivity index (χ3n) is 4.72. The van der Waals surface area contributed by atoms with E-state index in [1.807, 2.05) is 36.4 Å². The van der Waals surface area contributed by atoms with E-state index >= 15 is 0 Å². The van der Waals surface area contributed by atoms with Gasteiger partial charge in [-0.3, -0.25) is 4.79 Å². The van der Waals surface area contributed by atoms with Crippen LogP contribution in [0, 0.1) is 0 Å². The number of amides is 1. The first-order valence-corrected chi connectivity index (χ1v) is 9.14. The maximum absolute atomic E-state index is 12.3. The van der Waals surface area contributed by atoms with Crippen molar-refractivity contribution in [1.82, 2.24) is 10.3 Å². The number of oxazole rings is 1. The molecule has 4 nitrogen and oxygen atoms in total. The number of carbonyl (C=O) groups excluding carboxylic acids is 1. The van der Waals surface area contributed by atoms with Gasteiger partial charge in [-0.2, -0.15) is 0 Å². The van der Waals surface area contributed by atoms with Gasteiger partial charge in [-0.1, -0.05) is 35.9 Å². The Morgan fingerprint density at radius 3 is 2.85 bits per heavy atom. The molecule has 0 saturated heterocycles. The van der Waals surface area contributed by atoms with Crippen LogP contribution in [0.25, 0.3) is 11.3 Å². The lowest BCUT2D eigenvalue weighted by molar-refractivity contribution is -0.121. The molecule has 26 heavy (non-hydrogen) atoms. The van der Waals surface area contributed by atoms with Crippen LogP contribution < -0.4 is 5.32 Å². The summed E-state index contributed by atoms with van der Waals surface area (Å²) in [6.07, 6.45) is 4.51. The van der Waals surface area contributed by atoms with E-state index in [4.69, 9.17) is 16.0 Å². The summed E-state index contributed by atoms with van der Waals surface area (Å²) in [5.41, 5.74) is 3.49. The molecule has 0 aliphatic heterocycles. The minimum atomic E-state index is 0.0259. The third kappa shape index (κ3) is 3.65. The van der Waals surface area contributed by atoms with Crippen molar-refractivity contribution in [1.29, 1.82) is 0 Å². The summed E-state index contributed by atoms with van der Waals surface area (Å²) in [5.74, 6) is 1.27. The lowest BCUT2D eigenvalue weighted by atomic mass is 10.1. The van der Waals surface area contributed by atoms with Gasteiger partial charge >= 0.3 is 0 Å². The predicted octanol–water partition coefficient (Wildman–Crippen LogP) is 4.73. The Morgan fingerprint density at radius 1 is 1.19 bits per heavy atom. The summed E-state index contributed by atoms with van der Waals surface area (Å²) in [7, 11) is 0. The van der Waals surface area contributed by atoms with Crippen molar-refractivity contribution in [2.75, 3.05) is 0 Å². The van der Waals surface area contributed by atoms with Crippen molar-refractivity contribution in [2.24, 2.45) is 0 Å². The molecule has 0 bridgehead atoms.